The van der Waals surface area contributed by atoms with Gasteiger partial charge in [-0.1, -0.05) is 0 Å². The van der Waals surface area contributed by atoms with E-state index in [-0.39, 0.29) is 15.9 Å². The van der Waals surface area contributed by atoms with Crippen molar-refractivity contribution in [2.75, 3.05) is 5.88 Å². The van der Waals surface area contributed by atoms with E-state index in [0.717, 1.165) is 0 Å². The standard InChI is InChI=1S/C8H6BrClF2O/c9-5-1-4(8(13)3-10)6(11)2-7(5)12/h1-2,8,13H,3H2. The van der Waals surface area contributed by atoms with Crippen molar-refractivity contribution in [1.29, 1.82) is 0 Å². The number of alkyl halides is 1. The van der Waals surface area contributed by atoms with Crippen LogP contribution in [0.3, 0.4) is 0 Å². The predicted molar refractivity (Wildman–Crippen MR) is 49.7 cm³/mol. The van der Waals surface area contributed by atoms with E-state index in [1.807, 2.05) is 0 Å². The minimum atomic E-state index is -1.11. The third kappa shape index (κ3) is 2.39. The van der Waals surface area contributed by atoms with E-state index >= 15 is 0 Å². The van der Waals surface area contributed by atoms with E-state index in [1.165, 1.54) is 6.07 Å². The highest BCUT2D eigenvalue weighted by Crippen LogP contribution is 2.25. The molecule has 0 spiro atoms. The topological polar surface area (TPSA) is 20.2 Å². The summed E-state index contributed by atoms with van der Waals surface area (Å²) in [4.78, 5) is 0. The number of hydrogen-bond acceptors (Lipinski definition) is 1. The van der Waals surface area contributed by atoms with E-state index in [4.69, 9.17) is 11.6 Å². The molecular formula is C8H6BrClF2O. The molecule has 0 aliphatic carbocycles. The van der Waals surface area contributed by atoms with Crippen molar-refractivity contribution >= 4 is 27.5 Å². The maximum atomic E-state index is 13.0. The zero-order chi connectivity index (χ0) is 10.0. The Morgan fingerprint density at radius 2 is 2.00 bits per heavy atom. The maximum Gasteiger partial charge on any atom is 0.140 e. The van der Waals surface area contributed by atoms with Gasteiger partial charge in [-0.05, 0) is 22.0 Å². The molecule has 1 nitrogen and oxygen atoms in total. The molecule has 13 heavy (non-hydrogen) atoms. The molecule has 1 atom stereocenters. The first kappa shape index (κ1) is 10.9. The highest BCUT2D eigenvalue weighted by Gasteiger charge is 2.14. The van der Waals surface area contributed by atoms with Crippen LogP contribution in [0.25, 0.3) is 0 Å². The van der Waals surface area contributed by atoms with Crippen LogP contribution in [-0.2, 0) is 0 Å². The average Bonchev–Trinajstić information content (AvgIpc) is 2.10. The molecule has 0 amide bonds. The average molecular weight is 271 g/mol. The molecule has 1 N–H and O–H groups in total. The summed E-state index contributed by atoms with van der Waals surface area (Å²) in [6, 6.07) is 1.88. The fourth-order valence-corrected chi connectivity index (χ4v) is 1.40. The summed E-state index contributed by atoms with van der Waals surface area (Å²) >= 11 is 8.21. The molecule has 1 unspecified atom stereocenters. The smallest absolute Gasteiger partial charge is 0.140 e. The van der Waals surface area contributed by atoms with Gasteiger partial charge in [0.2, 0.25) is 0 Å². The second-order valence-corrected chi connectivity index (χ2v) is 3.62. The third-order valence-electron chi connectivity index (χ3n) is 1.54. The Morgan fingerprint density at radius 1 is 1.38 bits per heavy atom. The van der Waals surface area contributed by atoms with Crippen LogP contribution in [0.4, 0.5) is 8.78 Å². The molecule has 5 heteroatoms. The number of aliphatic hydroxyl groups is 1. The SMILES string of the molecule is OC(CCl)c1cc(Br)c(F)cc1F. The second-order valence-electron chi connectivity index (χ2n) is 2.46. The van der Waals surface area contributed by atoms with Crippen LogP contribution < -0.4 is 0 Å². The van der Waals surface area contributed by atoms with E-state index in [2.05, 4.69) is 15.9 Å². The number of hydrogen-bond donors (Lipinski definition) is 1. The van der Waals surface area contributed by atoms with E-state index < -0.39 is 17.7 Å². The molecule has 0 radical (unpaired) electrons. The monoisotopic (exact) mass is 270 g/mol. The Kier molecular flexibility index (Phi) is 3.64. The zero-order valence-corrected chi connectivity index (χ0v) is 8.74. The molecule has 72 valence electrons. The molecule has 1 aromatic rings. The van der Waals surface area contributed by atoms with Crippen molar-refractivity contribution < 1.29 is 13.9 Å². The highest BCUT2D eigenvalue weighted by molar-refractivity contribution is 9.10. The summed E-state index contributed by atoms with van der Waals surface area (Å²) < 4.78 is 25.8. The van der Waals surface area contributed by atoms with E-state index in [1.54, 1.807) is 0 Å². The largest absolute Gasteiger partial charge is 0.387 e. The molecule has 0 saturated carbocycles. The highest BCUT2D eigenvalue weighted by atomic mass is 79.9. The summed E-state index contributed by atoms with van der Waals surface area (Å²) in [7, 11) is 0. The van der Waals surface area contributed by atoms with E-state index in [0.29, 0.717) is 6.07 Å². The molecule has 0 heterocycles. The fraction of sp³-hybridized carbons (Fsp3) is 0.250. The second kappa shape index (κ2) is 4.35. The van der Waals surface area contributed by atoms with Gasteiger partial charge in [0.15, 0.2) is 0 Å². The minimum Gasteiger partial charge on any atom is -0.387 e. The summed E-state index contributed by atoms with van der Waals surface area (Å²) in [5.41, 5.74) is -0.0109. The maximum absolute atomic E-state index is 13.0. The van der Waals surface area contributed by atoms with Crippen LogP contribution in [0.15, 0.2) is 16.6 Å². The lowest BCUT2D eigenvalue weighted by Gasteiger charge is -2.08. The number of halogens is 4. The lowest BCUT2D eigenvalue weighted by Crippen LogP contribution is -2.02. The van der Waals surface area contributed by atoms with Crippen LogP contribution in [0.1, 0.15) is 11.7 Å². The van der Waals surface area contributed by atoms with Crippen LogP contribution in [0.5, 0.6) is 0 Å². The fourth-order valence-electron chi connectivity index (χ4n) is 0.876. The molecular weight excluding hydrogens is 265 g/mol. The number of benzene rings is 1. The molecule has 0 aliphatic heterocycles. The number of aliphatic hydroxyl groups excluding tert-OH is 1. The van der Waals surface area contributed by atoms with Gasteiger partial charge in [0.05, 0.1) is 16.5 Å². The van der Waals surface area contributed by atoms with Gasteiger partial charge >= 0.3 is 0 Å². The Morgan fingerprint density at radius 3 is 2.54 bits per heavy atom. The molecule has 0 aliphatic rings. The van der Waals surface area contributed by atoms with Crippen LogP contribution in [0, 0.1) is 11.6 Å². The first-order valence-corrected chi connectivity index (χ1v) is 4.77. The van der Waals surface area contributed by atoms with Gasteiger partial charge in [0.25, 0.3) is 0 Å². The molecule has 1 rings (SSSR count). The van der Waals surface area contributed by atoms with Crippen molar-refractivity contribution in [1.82, 2.24) is 0 Å². The van der Waals surface area contributed by atoms with Gasteiger partial charge in [-0.25, -0.2) is 8.78 Å². The summed E-state index contributed by atoms with van der Waals surface area (Å²) in [5.74, 6) is -1.63. The van der Waals surface area contributed by atoms with Gasteiger partial charge in [0, 0.05) is 11.6 Å². The quantitative estimate of drug-likeness (QED) is 0.647. The lowest BCUT2D eigenvalue weighted by atomic mass is 10.1. The summed E-state index contributed by atoms with van der Waals surface area (Å²) in [6.07, 6.45) is -1.11. The lowest BCUT2D eigenvalue weighted by molar-refractivity contribution is 0.197. The molecule has 1 aromatic carbocycles. The Hall–Kier alpha value is -0.190. The molecule has 0 saturated heterocycles. The van der Waals surface area contributed by atoms with Crippen LogP contribution in [0.2, 0.25) is 0 Å². The predicted octanol–water partition coefficient (Wildman–Crippen LogP) is 3.00. The first-order valence-electron chi connectivity index (χ1n) is 3.44. The van der Waals surface area contributed by atoms with Gasteiger partial charge in [-0.15, -0.1) is 11.6 Å². The van der Waals surface area contributed by atoms with Crippen molar-refractivity contribution in [2.24, 2.45) is 0 Å². The first-order chi connectivity index (χ1) is 6.06. The molecule has 0 bridgehead atoms. The normalized spacial score (nSPS) is 13.0. The Balaban J connectivity index is 3.15. The Bertz CT molecular complexity index is 319. The van der Waals surface area contributed by atoms with Gasteiger partial charge in [-0.2, -0.15) is 0 Å². The number of rotatable bonds is 2. The zero-order valence-electron chi connectivity index (χ0n) is 6.40. The van der Waals surface area contributed by atoms with Crippen molar-refractivity contribution in [3.63, 3.8) is 0 Å². The molecule has 0 fully saturated rings. The van der Waals surface area contributed by atoms with Crippen LogP contribution in [-0.4, -0.2) is 11.0 Å². The van der Waals surface area contributed by atoms with E-state index in [9.17, 15) is 13.9 Å². The summed E-state index contributed by atoms with van der Waals surface area (Å²) in [5, 5.41) is 9.21. The van der Waals surface area contributed by atoms with Crippen molar-refractivity contribution in [3.8, 4) is 0 Å². The van der Waals surface area contributed by atoms with Gasteiger partial charge < -0.3 is 5.11 Å². The minimum absolute atomic E-state index is 0.0109. The summed E-state index contributed by atoms with van der Waals surface area (Å²) in [6.45, 7) is 0. The third-order valence-corrected chi connectivity index (χ3v) is 2.44. The Labute approximate surface area is 87.5 Å². The van der Waals surface area contributed by atoms with Crippen LogP contribution >= 0.6 is 27.5 Å². The van der Waals surface area contributed by atoms with Crippen molar-refractivity contribution in [2.45, 2.75) is 6.10 Å². The molecule has 0 aromatic heterocycles. The van der Waals surface area contributed by atoms with Gasteiger partial charge in [-0.3, -0.25) is 0 Å². The van der Waals surface area contributed by atoms with Gasteiger partial charge in [0.1, 0.15) is 11.6 Å². The van der Waals surface area contributed by atoms with Crippen molar-refractivity contribution in [3.05, 3.63) is 33.8 Å².